The van der Waals surface area contributed by atoms with Crippen molar-refractivity contribution < 1.29 is 14.4 Å². The van der Waals surface area contributed by atoms with Gasteiger partial charge in [-0.15, -0.1) is 0 Å². The van der Waals surface area contributed by atoms with Crippen LogP contribution in [0.25, 0.3) is 21.7 Å². The van der Waals surface area contributed by atoms with E-state index in [0.29, 0.717) is 16.6 Å². The van der Waals surface area contributed by atoms with Gasteiger partial charge in [-0.25, -0.2) is 4.98 Å². The number of nitrogens with zero attached hydrogens (tertiary/aromatic N) is 3. The van der Waals surface area contributed by atoms with Gasteiger partial charge in [0, 0.05) is 23.3 Å². The lowest BCUT2D eigenvalue weighted by molar-refractivity contribution is -0.384. The van der Waals surface area contributed by atoms with Crippen LogP contribution < -0.4 is 14.9 Å². The highest BCUT2D eigenvalue weighted by molar-refractivity contribution is 7.19. The van der Waals surface area contributed by atoms with Crippen LogP contribution in [-0.2, 0) is 0 Å². The Hall–Kier alpha value is -4.24. The summed E-state index contributed by atoms with van der Waals surface area (Å²) in [4.78, 5) is 16.5. The number of benzene rings is 3. The molecule has 0 radical (unpaired) electrons. The third-order valence-electron chi connectivity index (χ3n) is 5.73. The van der Waals surface area contributed by atoms with E-state index >= 15 is 0 Å². The number of rotatable bonds is 8. The number of aromatic nitrogens is 1. The van der Waals surface area contributed by atoms with Crippen molar-refractivity contribution in [1.82, 2.24) is 4.98 Å². The zero-order valence-electron chi connectivity index (χ0n) is 20.7. The van der Waals surface area contributed by atoms with E-state index in [1.807, 2.05) is 45.0 Å². The molecule has 1 heterocycles. The van der Waals surface area contributed by atoms with Gasteiger partial charge in [0.1, 0.15) is 0 Å². The van der Waals surface area contributed by atoms with Crippen molar-refractivity contribution in [1.29, 1.82) is 0 Å². The van der Waals surface area contributed by atoms with E-state index in [4.69, 9.17) is 14.5 Å². The zero-order valence-corrected chi connectivity index (χ0v) is 21.5. The number of hydrazone groups is 1. The lowest BCUT2D eigenvalue weighted by atomic mass is 10.0. The summed E-state index contributed by atoms with van der Waals surface area (Å²) in [6, 6.07) is 18.3. The first-order valence-electron chi connectivity index (χ1n) is 11.2. The lowest BCUT2D eigenvalue weighted by Gasteiger charge is -2.09. The van der Waals surface area contributed by atoms with Crippen molar-refractivity contribution in [2.24, 2.45) is 5.10 Å². The van der Waals surface area contributed by atoms with E-state index < -0.39 is 4.92 Å². The number of hydrogen-bond donors (Lipinski definition) is 1. The number of methoxy groups -OCH3 is 2. The number of anilines is 1. The Morgan fingerprint density at radius 2 is 1.72 bits per heavy atom. The van der Waals surface area contributed by atoms with Gasteiger partial charge in [-0.3, -0.25) is 15.5 Å². The summed E-state index contributed by atoms with van der Waals surface area (Å²) in [7, 11) is 3.19. The molecule has 0 aliphatic carbocycles. The number of thiazole rings is 1. The molecule has 184 valence electrons. The third-order valence-corrected chi connectivity index (χ3v) is 6.73. The first kappa shape index (κ1) is 24.9. The average Bonchev–Trinajstić information content (AvgIpc) is 3.30. The molecule has 0 atom stereocenters. The maximum atomic E-state index is 11.1. The fourth-order valence-corrected chi connectivity index (χ4v) is 4.75. The molecule has 36 heavy (non-hydrogen) atoms. The Kier molecular flexibility index (Phi) is 7.30. The van der Waals surface area contributed by atoms with Gasteiger partial charge < -0.3 is 9.47 Å². The van der Waals surface area contributed by atoms with Crippen molar-refractivity contribution >= 4 is 27.9 Å². The molecular weight excluding hydrogens is 476 g/mol. The maximum absolute atomic E-state index is 11.1. The Labute approximate surface area is 213 Å². The Balaban J connectivity index is 1.72. The van der Waals surface area contributed by atoms with Gasteiger partial charge in [0.2, 0.25) is 5.13 Å². The molecule has 8 nitrogen and oxygen atoms in total. The molecule has 0 aliphatic rings. The fraction of sp³-hybridized carbons (Fsp3) is 0.185. The molecule has 0 amide bonds. The minimum absolute atomic E-state index is 0.0461. The molecule has 0 aliphatic heterocycles. The normalized spacial score (nSPS) is 11.3. The molecule has 0 fully saturated rings. The van der Waals surface area contributed by atoms with Gasteiger partial charge in [-0.1, -0.05) is 35.1 Å². The van der Waals surface area contributed by atoms with E-state index in [9.17, 15) is 10.1 Å². The van der Waals surface area contributed by atoms with Crippen LogP contribution in [0.2, 0.25) is 0 Å². The van der Waals surface area contributed by atoms with Gasteiger partial charge >= 0.3 is 0 Å². The highest BCUT2D eigenvalue weighted by Crippen LogP contribution is 2.41. The molecule has 4 rings (SSSR count). The third kappa shape index (κ3) is 5.21. The smallest absolute Gasteiger partial charge is 0.269 e. The van der Waals surface area contributed by atoms with Gasteiger partial charge in [0.25, 0.3) is 5.69 Å². The molecule has 4 aromatic rings. The summed E-state index contributed by atoms with van der Waals surface area (Å²) in [6.07, 6.45) is 0. The summed E-state index contributed by atoms with van der Waals surface area (Å²) >= 11 is 1.44. The molecule has 0 bridgehead atoms. The standard InChI is InChI=1S/C27H26N4O4S/c1-16-6-12-22(17(2)14-16)25-26(19-7-10-21(11-8-19)31(32)33)36-27(28-25)30-29-18(3)20-9-13-23(34-4)24(15-20)35-5/h6-15H,1-5H3,(H,28,30)/b29-18-. The monoisotopic (exact) mass is 502 g/mol. The predicted octanol–water partition coefficient (Wildman–Crippen LogP) is 6.86. The number of nitro groups is 1. The highest BCUT2D eigenvalue weighted by Gasteiger charge is 2.18. The van der Waals surface area contributed by atoms with Crippen LogP contribution in [0.4, 0.5) is 10.8 Å². The largest absolute Gasteiger partial charge is 0.493 e. The molecular formula is C27H26N4O4S. The van der Waals surface area contributed by atoms with Crippen molar-refractivity contribution in [3.63, 3.8) is 0 Å². The van der Waals surface area contributed by atoms with Crippen LogP contribution in [0.15, 0.2) is 65.8 Å². The van der Waals surface area contributed by atoms with E-state index in [1.165, 1.54) is 23.5 Å². The van der Waals surface area contributed by atoms with E-state index in [-0.39, 0.29) is 5.69 Å². The number of aryl methyl sites for hydroxylation is 2. The van der Waals surface area contributed by atoms with Crippen LogP contribution in [-0.4, -0.2) is 29.8 Å². The lowest BCUT2D eigenvalue weighted by Crippen LogP contribution is -2.01. The molecule has 0 spiro atoms. The number of hydrogen-bond acceptors (Lipinski definition) is 8. The minimum atomic E-state index is -0.403. The predicted molar refractivity (Wildman–Crippen MR) is 144 cm³/mol. The number of ether oxygens (including phenoxy) is 2. The number of nitrogens with one attached hydrogen (secondary N) is 1. The topological polar surface area (TPSA) is 98.9 Å². The van der Waals surface area contributed by atoms with Crippen molar-refractivity contribution in [2.75, 3.05) is 19.6 Å². The van der Waals surface area contributed by atoms with Crippen LogP contribution in [0, 0.1) is 24.0 Å². The highest BCUT2D eigenvalue weighted by atomic mass is 32.1. The van der Waals surface area contributed by atoms with Gasteiger partial charge in [-0.2, -0.15) is 5.10 Å². The molecule has 3 aromatic carbocycles. The van der Waals surface area contributed by atoms with Crippen molar-refractivity contribution in [3.8, 4) is 33.2 Å². The summed E-state index contributed by atoms with van der Waals surface area (Å²) in [6.45, 7) is 5.99. The van der Waals surface area contributed by atoms with Gasteiger partial charge in [0.05, 0.1) is 35.4 Å². The zero-order chi connectivity index (χ0) is 25.8. The van der Waals surface area contributed by atoms with Crippen molar-refractivity contribution in [2.45, 2.75) is 20.8 Å². The van der Waals surface area contributed by atoms with Gasteiger partial charge in [-0.05, 0) is 62.2 Å². The first-order chi connectivity index (χ1) is 17.3. The van der Waals surface area contributed by atoms with Crippen LogP contribution in [0.3, 0.4) is 0 Å². The average molecular weight is 503 g/mol. The second kappa shape index (κ2) is 10.6. The molecule has 0 saturated heterocycles. The van der Waals surface area contributed by atoms with Crippen LogP contribution in [0.1, 0.15) is 23.6 Å². The number of nitro benzene ring substituents is 1. The summed E-state index contributed by atoms with van der Waals surface area (Å²) in [5, 5.41) is 16.3. The van der Waals surface area contributed by atoms with Gasteiger partial charge in [0.15, 0.2) is 11.5 Å². The fourth-order valence-electron chi connectivity index (χ4n) is 3.82. The van der Waals surface area contributed by atoms with E-state index in [2.05, 4.69) is 22.7 Å². The summed E-state index contributed by atoms with van der Waals surface area (Å²) in [5.74, 6) is 1.27. The second-order valence-corrected chi connectivity index (χ2v) is 9.20. The van der Waals surface area contributed by atoms with E-state index in [0.717, 1.165) is 44.1 Å². The maximum Gasteiger partial charge on any atom is 0.269 e. The van der Waals surface area contributed by atoms with E-state index in [1.54, 1.807) is 26.4 Å². The Morgan fingerprint density at radius 1 is 1.00 bits per heavy atom. The second-order valence-electron chi connectivity index (χ2n) is 8.20. The Bertz CT molecular complexity index is 1440. The minimum Gasteiger partial charge on any atom is -0.493 e. The molecule has 0 saturated carbocycles. The van der Waals surface area contributed by atoms with Crippen LogP contribution >= 0.6 is 11.3 Å². The number of non-ortho nitro benzene ring substituents is 1. The quantitative estimate of drug-likeness (QED) is 0.161. The molecule has 1 N–H and O–H groups in total. The Morgan fingerprint density at radius 3 is 2.36 bits per heavy atom. The molecule has 1 aromatic heterocycles. The van der Waals surface area contributed by atoms with Crippen LogP contribution in [0.5, 0.6) is 11.5 Å². The first-order valence-corrected chi connectivity index (χ1v) is 12.0. The van der Waals surface area contributed by atoms with Crippen molar-refractivity contribution in [3.05, 3.63) is 87.5 Å². The SMILES string of the molecule is COc1ccc(/C(C)=N\Nc2nc(-c3ccc(C)cc3C)c(-c3ccc([N+](=O)[O-])cc3)s2)cc1OC. The molecule has 0 unspecified atom stereocenters. The summed E-state index contributed by atoms with van der Waals surface area (Å²) in [5.41, 5.74) is 9.66. The molecule has 9 heteroatoms. The summed E-state index contributed by atoms with van der Waals surface area (Å²) < 4.78 is 10.7.